The van der Waals surface area contributed by atoms with Gasteiger partial charge in [-0.15, -0.1) is 0 Å². The van der Waals surface area contributed by atoms with E-state index >= 15 is 0 Å². The Hall–Kier alpha value is -0.240. The molecule has 3 saturated carbocycles. The van der Waals surface area contributed by atoms with Crippen LogP contribution in [0.5, 0.6) is 0 Å². The molecule has 2 bridgehead atoms. The second-order valence-electron chi connectivity index (χ2n) is 13.4. The van der Waals surface area contributed by atoms with Crippen molar-refractivity contribution in [2.45, 2.75) is 127 Å². The molecule has 6 heteroatoms. The Morgan fingerprint density at radius 3 is 0.706 bits per heavy atom. The van der Waals surface area contributed by atoms with Crippen molar-refractivity contribution in [2.24, 2.45) is 10.8 Å². The zero-order valence-electron chi connectivity index (χ0n) is 22.2. The highest BCUT2D eigenvalue weighted by molar-refractivity contribution is 4.98. The SMILES string of the molecule is CC12CNC3CCCCC3NCC(C)(CNC3CCCCC3NC1)CNC1CCCCC1NC2. The maximum Gasteiger partial charge on any atom is 0.0221 e. The maximum absolute atomic E-state index is 4.11. The van der Waals surface area contributed by atoms with Gasteiger partial charge in [0.2, 0.25) is 0 Å². The maximum atomic E-state index is 4.11. The van der Waals surface area contributed by atoms with Gasteiger partial charge in [-0.25, -0.2) is 0 Å². The Labute approximate surface area is 209 Å². The molecular formula is C28H54N6. The van der Waals surface area contributed by atoms with Crippen LogP contribution in [-0.2, 0) is 0 Å². The summed E-state index contributed by atoms with van der Waals surface area (Å²) in [7, 11) is 0. The zero-order chi connectivity index (χ0) is 23.4. The first kappa shape index (κ1) is 25.4. The van der Waals surface area contributed by atoms with E-state index in [4.69, 9.17) is 0 Å². The average molecular weight is 475 g/mol. The smallest absolute Gasteiger partial charge is 0.0221 e. The first-order valence-electron chi connectivity index (χ1n) is 14.9. The fourth-order valence-corrected chi connectivity index (χ4v) is 7.50. The zero-order valence-corrected chi connectivity index (χ0v) is 22.2. The Morgan fingerprint density at radius 1 is 0.353 bits per heavy atom. The van der Waals surface area contributed by atoms with Crippen molar-refractivity contribution in [3.63, 3.8) is 0 Å². The van der Waals surface area contributed by atoms with Crippen molar-refractivity contribution in [1.29, 1.82) is 0 Å². The van der Waals surface area contributed by atoms with E-state index in [1.807, 2.05) is 0 Å². The number of fused-ring (bicyclic) bond motifs is 6. The number of rotatable bonds is 0. The van der Waals surface area contributed by atoms with E-state index in [1.54, 1.807) is 0 Å². The van der Waals surface area contributed by atoms with E-state index in [0.29, 0.717) is 36.3 Å². The second kappa shape index (κ2) is 11.4. The quantitative estimate of drug-likeness (QED) is 0.324. The van der Waals surface area contributed by atoms with Crippen LogP contribution in [-0.4, -0.2) is 75.5 Å². The Morgan fingerprint density at radius 2 is 0.529 bits per heavy atom. The molecular weight excluding hydrogens is 420 g/mol. The third kappa shape index (κ3) is 6.36. The third-order valence-electron chi connectivity index (χ3n) is 10.0. The van der Waals surface area contributed by atoms with Gasteiger partial charge in [-0.1, -0.05) is 52.4 Å². The summed E-state index contributed by atoms with van der Waals surface area (Å²) in [5.41, 5.74) is 0.434. The molecule has 196 valence electrons. The lowest BCUT2D eigenvalue weighted by molar-refractivity contribution is 0.145. The lowest BCUT2D eigenvalue weighted by Crippen LogP contribution is -2.63. The van der Waals surface area contributed by atoms with Crippen LogP contribution >= 0.6 is 0 Å². The summed E-state index contributed by atoms with van der Waals surface area (Å²) >= 11 is 0. The van der Waals surface area contributed by atoms with Crippen molar-refractivity contribution in [3.8, 4) is 0 Å². The molecule has 3 saturated heterocycles. The predicted molar refractivity (Wildman–Crippen MR) is 142 cm³/mol. The molecule has 3 aliphatic carbocycles. The molecule has 0 aromatic heterocycles. The number of hydrogen-bond donors (Lipinski definition) is 6. The summed E-state index contributed by atoms with van der Waals surface area (Å²) in [6.45, 7) is 11.6. The first-order chi connectivity index (χ1) is 16.5. The van der Waals surface area contributed by atoms with Gasteiger partial charge in [-0.05, 0) is 38.5 Å². The van der Waals surface area contributed by atoms with Crippen molar-refractivity contribution in [3.05, 3.63) is 0 Å². The molecule has 6 nitrogen and oxygen atoms in total. The largest absolute Gasteiger partial charge is 0.312 e. The molecule has 0 aromatic carbocycles. The van der Waals surface area contributed by atoms with Crippen molar-refractivity contribution in [2.75, 3.05) is 39.3 Å². The summed E-state index contributed by atoms with van der Waals surface area (Å²) in [5.74, 6) is 0. The van der Waals surface area contributed by atoms with E-state index in [9.17, 15) is 0 Å². The molecule has 0 amide bonds. The van der Waals surface area contributed by atoms with E-state index in [2.05, 4.69) is 45.7 Å². The van der Waals surface area contributed by atoms with Crippen LogP contribution in [0, 0.1) is 10.8 Å². The number of hydrogen-bond acceptors (Lipinski definition) is 6. The van der Waals surface area contributed by atoms with Gasteiger partial charge in [-0.3, -0.25) is 0 Å². The minimum atomic E-state index is 0.217. The lowest BCUT2D eigenvalue weighted by Gasteiger charge is -2.45. The highest BCUT2D eigenvalue weighted by Gasteiger charge is 2.37. The van der Waals surface area contributed by atoms with Gasteiger partial charge in [-0.2, -0.15) is 0 Å². The molecule has 6 fully saturated rings. The van der Waals surface area contributed by atoms with Gasteiger partial charge in [0, 0.05) is 86.3 Å². The molecule has 0 aromatic rings. The van der Waals surface area contributed by atoms with Gasteiger partial charge in [0.05, 0.1) is 0 Å². The van der Waals surface area contributed by atoms with Crippen LogP contribution in [0.2, 0.25) is 0 Å². The molecule has 0 spiro atoms. The Balaban J connectivity index is 1.44. The van der Waals surface area contributed by atoms with Gasteiger partial charge in [0.1, 0.15) is 0 Å². The van der Waals surface area contributed by atoms with Crippen LogP contribution in [0.15, 0.2) is 0 Å². The van der Waals surface area contributed by atoms with Crippen LogP contribution in [0.1, 0.15) is 90.9 Å². The monoisotopic (exact) mass is 474 g/mol. The van der Waals surface area contributed by atoms with Crippen molar-refractivity contribution in [1.82, 2.24) is 31.9 Å². The normalized spacial score (nSPS) is 47.5. The van der Waals surface area contributed by atoms with Crippen LogP contribution in [0.25, 0.3) is 0 Å². The number of nitrogens with one attached hydrogen (secondary N) is 6. The third-order valence-corrected chi connectivity index (χ3v) is 10.0. The molecule has 6 atom stereocenters. The van der Waals surface area contributed by atoms with E-state index in [1.165, 1.54) is 77.0 Å². The summed E-state index contributed by atoms with van der Waals surface area (Å²) in [6, 6.07) is 3.63. The van der Waals surface area contributed by atoms with Crippen molar-refractivity contribution < 1.29 is 0 Å². The van der Waals surface area contributed by atoms with Gasteiger partial charge in [0.15, 0.2) is 0 Å². The molecule has 6 N–H and O–H groups in total. The van der Waals surface area contributed by atoms with Crippen LogP contribution < -0.4 is 31.9 Å². The Kier molecular flexibility index (Phi) is 8.55. The summed E-state index contributed by atoms with van der Waals surface area (Å²) in [4.78, 5) is 0. The molecule has 3 aliphatic heterocycles. The van der Waals surface area contributed by atoms with Crippen LogP contribution in [0.3, 0.4) is 0 Å². The lowest BCUT2D eigenvalue weighted by atomic mass is 9.81. The van der Waals surface area contributed by atoms with Gasteiger partial charge >= 0.3 is 0 Å². The average Bonchev–Trinajstić information content (AvgIpc) is 2.87. The molecule has 6 aliphatic rings. The highest BCUT2D eigenvalue weighted by atomic mass is 15.1. The second-order valence-corrected chi connectivity index (χ2v) is 13.4. The predicted octanol–water partition coefficient (Wildman–Crippen LogP) is 2.50. The standard InChI is InChI=1S/C28H54N6/c1-27-15-29-21-9-3-6-12-24(21)32-18-28(2,19-33-25-13-7-4-10-22(25)30-16-27)20-34-26-14-8-5-11-23(26)31-17-27/h21-26,29-34H,3-20H2,1-2H3. The van der Waals surface area contributed by atoms with Crippen LogP contribution in [0.4, 0.5) is 0 Å². The van der Waals surface area contributed by atoms with Gasteiger partial charge < -0.3 is 31.9 Å². The fraction of sp³-hybridized carbons (Fsp3) is 1.00. The molecule has 0 radical (unpaired) electrons. The summed E-state index contributed by atoms with van der Waals surface area (Å²) in [6.07, 6.45) is 16.1. The minimum Gasteiger partial charge on any atom is -0.312 e. The highest BCUT2D eigenvalue weighted by Crippen LogP contribution is 2.27. The molecule has 34 heavy (non-hydrogen) atoms. The topological polar surface area (TPSA) is 72.2 Å². The van der Waals surface area contributed by atoms with E-state index < -0.39 is 0 Å². The summed E-state index contributed by atoms with van der Waals surface area (Å²) < 4.78 is 0. The fourth-order valence-electron chi connectivity index (χ4n) is 7.50. The van der Waals surface area contributed by atoms with Gasteiger partial charge in [0.25, 0.3) is 0 Å². The first-order valence-corrected chi connectivity index (χ1v) is 14.9. The Bertz CT molecular complexity index is 505. The minimum absolute atomic E-state index is 0.217. The molecule has 6 unspecified atom stereocenters. The molecule has 3 heterocycles. The molecule has 6 rings (SSSR count). The van der Waals surface area contributed by atoms with E-state index in [-0.39, 0.29) is 10.8 Å². The summed E-state index contributed by atoms with van der Waals surface area (Å²) in [5, 5.41) is 24.7. The van der Waals surface area contributed by atoms with E-state index in [0.717, 1.165) is 39.3 Å². The van der Waals surface area contributed by atoms with Crippen molar-refractivity contribution >= 4 is 0 Å².